The normalized spacial score (nSPS) is 23.6. The van der Waals surface area contributed by atoms with Gasteiger partial charge in [0.25, 0.3) is 0 Å². The summed E-state index contributed by atoms with van der Waals surface area (Å²) in [7, 11) is 0. The Morgan fingerprint density at radius 1 is 1.26 bits per heavy atom. The predicted octanol–water partition coefficient (Wildman–Crippen LogP) is 2.36. The molecule has 1 aromatic rings. The molecule has 0 amide bonds. The van der Waals surface area contributed by atoms with E-state index in [9.17, 15) is 4.39 Å². The third kappa shape index (κ3) is 2.79. The van der Waals surface area contributed by atoms with Gasteiger partial charge in [0, 0.05) is 44.0 Å². The third-order valence-electron chi connectivity index (χ3n) is 4.50. The lowest BCUT2D eigenvalue weighted by atomic mass is 9.90. The van der Waals surface area contributed by atoms with Gasteiger partial charge in [-0.25, -0.2) is 4.98 Å². The van der Waals surface area contributed by atoms with E-state index in [1.807, 2.05) is 12.1 Å². The van der Waals surface area contributed by atoms with Crippen LogP contribution in [-0.2, 0) is 0 Å². The van der Waals surface area contributed by atoms with Crippen molar-refractivity contribution in [2.24, 2.45) is 5.92 Å². The fourth-order valence-electron chi connectivity index (χ4n) is 3.60. The summed E-state index contributed by atoms with van der Waals surface area (Å²) in [5.41, 5.74) is 0.802. The van der Waals surface area contributed by atoms with Crippen LogP contribution in [0.1, 0.15) is 37.3 Å². The van der Waals surface area contributed by atoms with E-state index in [0.29, 0.717) is 5.92 Å². The third-order valence-corrected chi connectivity index (χ3v) is 4.50. The molecule has 3 nitrogen and oxygen atoms in total. The highest BCUT2D eigenvalue weighted by Gasteiger charge is 2.33. The molecule has 1 atom stereocenters. The molecule has 1 N–H and O–H groups in total. The van der Waals surface area contributed by atoms with Crippen molar-refractivity contribution in [2.75, 3.05) is 26.2 Å². The summed E-state index contributed by atoms with van der Waals surface area (Å²) in [4.78, 5) is 6.31. The Kier molecular flexibility index (Phi) is 4.09. The minimum absolute atomic E-state index is 0.221. The first-order valence-electron chi connectivity index (χ1n) is 7.41. The largest absolute Gasteiger partial charge is 0.314 e. The Morgan fingerprint density at radius 2 is 2.00 bits per heavy atom. The van der Waals surface area contributed by atoms with Gasteiger partial charge in [0.2, 0.25) is 5.95 Å². The average Bonchev–Trinajstić information content (AvgIpc) is 2.96. The lowest BCUT2D eigenvalue weighted by molar-refractivity contribution is 0.122. The summed E-state index contributed by atoms with van der Waals surface area (Å²) in [6.07, 6.45) is 6.57. The highest BCUT2D eigenvalue weighted by Crippen LogP contribution is 2.40. The number of nitrogens with one attached hydrogen (secondary N) is 1. The summed E-state index contributed by atoms with van der Waals surface area (Å²) in [5, 5.41) is 3.38. The predicted molar refractivity (Wildman–Crippen MR) is 73.3 cm³/mol. The second-order valence-corrected chi connectivity index (χ2v) is 5.66. The van der Waals surface area contributed by atoms with E-state index in [1.54, 1.807) is 6.20 Å². The van der Waals surface area contributed by atoms with Gasteiger partial charge >= 0.3 is 0 Å². The lowest BCUT2D eigenvalue weighted by Gasteiger charge is -2.38. The zero-order valence-corrected chi connectivity index (χ0v) is 11.3. The highest BCUT2D eigenvalue weighted by atomic mass is 19.1. The molecular formula is C15H22FN3. The van der Waals surface area contributed by atoms with E-state index >= 15 is 0 Å². The quantitative estimate of drug-likeness (QED) is 0.849. The van der Waals surface area contributed by atoms with Crippen molar-refractivity contribution < 1.29 is 4.39 Å². The molecule has 1 aliphatic carbocycles. The van der Waals surface area contributed by atoms with Crippen LogP contribution in [0.15, 0.2) is 18.3 Å². The topological polar surface area (TPSA) is 28.2 Å². The van der Waals surface area contributed by atoms with Gasteiger partial charge in [-0.3, -0.25) is 4.90 Å². The average molecular weight is 263 g/mol. The van der Waals surface area contributed by atoms with Crippen molar-refractivity contribution in [1.82, 2.24) is 15.2 Å². The summed E-state index contributed by atoms with van der Waals surface area (Å²) in [6.45, 7) is 4.03. The number of halogens is 1. The maximum atomic E-state index is 14.1. The molecular weight excluding hydrogens is 241 g/mol. The molecule has 2 aliphatic rings. The summed E-state index contributed by atoms with van der Waals surface area (Å²) in [6, 6.07) is 4.01. The molecule has 1 aliphatic heterocycles. The molecule has 104 valence electrons. The SMILES string of the molecule is Fc1ncccc1[C@@H](C1CCCC1)N1CCNCC1. The van der Waals surface area contributed by atoms with Gasteiger partial charge in [0.1, 0.15) is 0 Å². The second-order valence-electron chi connectivity index (χ2n) is 5.66. The minimum atomic E-state index is -0.280. The number of piperazine rings is 1. The molecule has 1 saturated carbocycles. The first-order valence-corrected chi connectivity index (χ1v) is 7.41. The smallest absolute Gasteiger partial charge is 0.217 e. The van der Waals surface area contributed by atoms with Crippen molar-refractivity contribution in [2.45, 2.75) is 31.7 Å². The van der Waals surface area contributed by atoms with Crippen molar-refractivity contribution in [1.29, 1.82) is 0 Å². The number of nitrogens with zero attached hydrogens (tertiary/aromatic N) is 2. The molecule has 2 heterocycles. The van der Waals surface area contributed by atoms with Crippen molar-refractivity contribution in [3.05, 3.63) is 29.8 Å². The van der Waals surface area contributed by atoms with Crippen LogP contribution in [0.3, 0.4) is 0 Å². The zero-order chi connectivity index (χ0) is 13.1. The fraction of sp³-hybridized carbons (Fsp3) is 0.667. The monoisotopic (exact) mass is 263 g/mol. The van der Waals surface area contributed by atoms with Crippen LogP contribution in [0.4, 0.5) is 4.39 Å². The molecule has 0 aromatic carbocycles. The Labute approximate surface area is 114 Å². The Balaban J connectivity index is 1.88. The molecule has 1 saturated heterocycles. The number of hydrogen-bond acceptors (Lipinski definition) is 3. The first kappa shape index (κ1) is 13.0. The van der Waals surface area contributed by atoms with Gasteiger partial charge in [0.15, 0.2) is 0 Å². The fourth-order valence-corrected chi connectivity index (χ4v) is 3.60. The number of pyridine rings is 1. The highest BCUT2D eigenvalue weighted by molar-refractivity contribution is 5.18. The van der Waals surface area contributed by atoms with Crippen LogP contribution < -0.4 is 5.32 Å². The number of rotatable bonds is 3. The first-order chi connectivity index (χ1) is 9.36. The maximum absolute atomic E-state index is 14.1. The molecule has 0 bridgehead atoms. The van der Waals surface area contributed by atoms with E-state index < -0.39 is 0 Å². The van der Waals surface area contributed by atoms with Gasteiger partial charge in [0.05, 0.1) is 0 Å². The van der Waals surface area contributed by atoms with Crippen molar-refractivity contribution in [3.8, 4) is 0 Å². The molecule has 1 aromatic heterocycles. The van der Waals surface area contributed by atoms with Gasteiger partial charge in [-0.15, -0.1) is 0 Å². The van der Waals surface area contributed by atoms with Crippen molar-refractivity contribution in [3.63, 3.8) is 0 Å². The van der Waals surface area contributed by atoms with Gasteiger partial charge in [-0.2, -0.15) is 4.39 Å². The van der Waals surface area contributed by atoms with Crippen LogP contribution in [0.5, 0.6) is 0 Å². The van der Waals surface area contributed by atoms with E-state index in [-0.39, 0.29) is 12.0 Å². The molecule has 0 radical (unpaired) electrons. The second kappa shape index (κ2) is 5.97. The standard InChI is InChI=1S/C15H22FN3/c16-15-13(6-3-7-18-15)14(12-4-1-2-5-12)19-10-8-17-9-11-19/h3,6-7,12,14,17H,1-2,4-5,8-11H2/t14-/m1/s1. The van der Waals surface area contributed by atoms with Crippen LogP contribution in [-0.4, -0.2) is 36.1 Å². The van der Waals surface area contributed by atoms with E-state index in [1.165, 1.54) is 25.7 Å². The van der Waals surface area contributed by atoms with Gasteiger partial charge < -0.3 is 5.32 Å². The Bertz CT molecular complexity index is 412. The van der Waals surface area contributed by atoms with Crippen LogP contribution in [0.2, 0.25) is 0 Å². The number of hydrogen-bond donors (Lipinski definition) is 1. The zero-order valence-electron chi connectivity index (χ0n) is 11.3. The maximum Gasteiger partial charge on any atom is 0.217 e. The molecule has 0 spiro atoms. The van der Waals surface area contributed by atoms with E-state index in [4.69, 9.17) is 0 Å². The number of aromatic nitrogens is 1. The Hall–Kier alpha value is -1.00. The minimum Gasteiger partial charge on any atom is -0.314 e. The molecule has 19 heavy (non-hydrogen) atoms. The molecule has 3 rings (SSSR count). The van der Waals surface area contributed by atoms with Crippen LogP contribution >= 0.6 is 0 Å². The molecule has 4 heteroatoms. The van der Waals surface area contributed by atoms with Gasteiger partial charge in [-0.05, 0) is 24.8 Å². The van der Waals surface area contributed by atoms with Crippen LogP contribution in [0.25, 0.3) is 0 Å². The lowest BCUT2D eigenvalue weighted by Crippen LogP contribution is -2.47. The van der Waals surface area contributed by atoms with E-state index in [0.717, 1.165) is 31.7 Å². The summed E-state index contributed by atoms with van der Waals surface area (Å²) < 4.78 is 14.1. The van der Waals surface area contributed by atoms with E-state index in [2.05, 4.69) is 15.2 Å². The summed E-state index contributed by atoms with van der Waals surface area (Å²) >= 11 is 0. The Morgan fingerprint density at radius 3 is 2.68 bits per heavy atom. The molecule has 2 fully saturated rings. The summed E-state index contributed by atoms with van der Waals surface area (Å²) in [5.74, 6) is 0.315. The van der Waals surface area contributed by atoms with Gasteiger partial charge in [-0.1, -0.05) is 18.9 Å². The molecule has 0 unspecified atom stereocenters. The van der Waals surface area contributed by atoms with Crippen molar-refractivity contribution >= 4 is 0 Å². The van der Waals surface area contributed by atoms with Crippen LogP contribution in [0, 0.1) is 11.9 Å².